The molecule has 4 rings (SSSR count). The van der Waals surface area contributed by atoms with Crippen LogP contribution in [0.3, 0.4) is 0 Å². The van der Waals surface area contributed by atoms with Crippen LogP contribution in [0.5, 0.6) is 0 Å². The number of aromatic nitrogens is 4. The Hall–Kier alpha value is -3.74. The monoisotopic (exact) mass is 374 g/mol. The molecule has 7 heteroatoms. The maximum atomic E-state index is 12.9. The summed E-state index contributed by atoms with van der Waals surface area (Å²) in [5.74, 6) is 0. The molecule has 1 N–H and O–H groups in total. The molecule has 0 saturated carbocycles. The smallest absolute Gasteiger partial charge is 0.313 e. The molecule has 28 heavy (non-hydrogen) atoms. The standard InChI is InChI=1S/C21H18N4O3/c1-13-8-6-7-11-16(13)25-18-17(20(27)24(2)21(25)28)23-19(26)15(22-18)12-14-9-4-3-5-10-14/h3-11H,12H2,1-2H3,(H,23,26). The number of hydrogen-bond donors (Lipinski definition) is 1. The number of nitrogens with one attached hydrogen (secondary N) is 1. The second-order valence-corrected chi connectivity index (χ2v) is 6.64. The maximum Gasteiger partial charge on any atom is 0.337 e. The summed E-state index contributed by atoms with van der Waals surface area (Å²) in [7, 11) is 1.38. The van der Waals surface area contributed by atoms with Gasteiger partial charge in [0, 0.05) is 13.5 Å². The van der Waals surface area contributed by atoms with Crippen LogP contribution in [0.25, 0.3) is 16.9 Å². The first kappa shape index (κ1) is 17.7. The molecule has 0 aliphatic rings. The summed E-state index contributed by atoms with van der Waals surface area (Å²) in [6, 6.07) is 16.8. The molecule has 0 atom stereocenters. The van der Waals surface area contributed by atoms with E-state index in [1.54, 1.807) is 6.07 Å². The number of H-pyrrole nitrogens is 1. The Morgan fingerprint density at radius 3 is 2.36 bits per heavy atom. The largest absolute Gasteiger partial charge is 0.337 e. The normalized spacial score (nSPS) is 11.1. The summed E-state index contributed by atoms with van der Waals surface area (Å²) in [4.78, 5) is 45.1. The number of hydrogen-bond acceptors (Lipinski definition) is 4. The lowest BCUT2D eigenvalue weighted by Gasteiger charge is -2.14. The SMILES string of the molecule is Cc1ccccc1-n1c(=O)n(C)c(=O)c2[nH]c(=O)c(Cc3ccccc3)nc21. The highest BCUT2D eigenvalue weighted by Crippen LogP contribution is 2.15. The summed E-state index contributed by atoms with van der Waals surface area (Å²) in [5, 5.41) is 0. The highest BCUT2D eigenvalue weighted by atomic mass is 16.2. The van der Waals surface area contributed by atoms with Gasteiger partial charge in [0.1, 0.15) is 5.69 Å². The Morgan fingerprint density at radius 1 is 0.964 bits per heavy atom. The molecular weight excluding hydrogens is 356 g/mol. The van der Waals surface area contributed by atoms with E-state index in [2.05, 4.69) is 9.97 Å². The Balaban J connectivity index is 2.07. The van der Waals surface area contributed by atoms with Crippen molar-refractivity contribution in [1.29, 1.82) is 0 Å². The molecule has 7 nitrogen and oxygen atoms in total. The molecule has 0 aliphatic heterocycles. The minimum Gasteiger partial charge on any atom is -0.313 e. The summed E-state index contributed by atoms with van der Waals surface area (Å²) < 4.78 is 2.35. The van der Waals surface area contributed by atoms with E-state index in [0.29, 0.717) is 12.1 Å². The Bertz CT molecular complexity index is 1360. The maximum absolute atomic E-state index is 12.9. The molecule has 140 valence electrons. The molecule has 2 heterocycles. The van der Waals surface area contributed by atoms with Crippen LogP contribution in [-0.4, -0.2) is 19.1 Å². The molecule has 2 aromatic heterocycles. The van der Waals surface area contributed by atoms with Gasteiger partial charge in [0.2, 0.25) is 0 Å². The van der Waals surface area contributed by atoms with Gasteiger partial charge < -0.3 is 4.98 Å². The zero-order valence-electron chi connectivity index (χ0n) is 15.5. The third-order valence-electron chi connectivity index (χ3n) is 4.74. The van der Waals surface area contributed by atoms with Crippen molar-refractivity contribution in [2.75, 3.05) is 0 Å². The Morgan fingerprint density at radius 2 is 1.64 bits per heavy atom. The first-order valence-electron chi connectivity index (χ1n) is 8.82. The lowest BCUT2D eigenvalue weighted by atomic mass is 10.1. The van der Waals surface area contributed by atoms with Crippen LogP contribution >= 0.6 is 0 Å². The van der Waals surface area contributed by atoms with Gasteiger partial charge in [-0.05, 0) is 24.1 Å². The van der Waals surface area contributed by atoms with Crippen LogP contribution in [0, 0.1) is 6.92 Å². The molecule has 0 saturated heterocycles. The van der Waals surface area contributed by atoms with E-state index in [0.717, 1.165) is 15.7 Å². The third kappa shape index (κ3) is 2.87. The lowest BCUT2D eigenvalue weighted by Crippen LogP contribution is -2.39. The van der Waals surface area contributed by atoms with E-state index in [4.69, 9.17) is 0 Å². The number of nitrogens with zero attached hydrogens (tertiary/aromatic N) is 3. The van der Waals surface area contributed by atoms with Gasteiger partial charge in [0.25, 0.3) is 11.1 Å². The van der Waals surface area contributed by atoms with Gasteiger partial charge in [0.15, 0.2) is 11.2 Å². The van der Waals surface area contributed by atoms with E-state index >= 15 is 0 Å². The van der Waals surface area contributed by atoms with E-state index in [1.165, 1.54) is 11.6 Å². The molecule has 0 bridgehead atoms. The second kappa shape index (κ2) is 6.77. The predicted molar refractivity (Wildman–Crippen MR) is 107 cm³/mol. The molecule has 0 aliphatic carbocycles. The summed E-state index contributed by atoms with van der Waals surface area (Å²) >= 11 is 0. The number of aryl methyl sites for hydroxylation is 1. The average molecular weight is 374 g/mol. The van der Waals surface area contributed by atoms with Crippen molar-refractivity contribution in [3.8, 4) is 5.69 Å². The quantitative estimate of drug-likeness (QED) is 0.591. The fraction of sp³-hybridized carbons (Fsp3) is 0.143. The molecular formula is C21H18N4O3. The molecule has 0 amide bonds. The van der Waals surface area contributed by atoms with Crippen molar-refractivity contribution in [2.24, 2.45) is 7.05 Å². The first-order valence-corrected chi connectivity index (χ1v) is 8.82. The number of para-hydroxylation sites is 1. The fourth-order valence-corrected chi connectivity index (χ4v) is 3.22. The summed E-state index contributed by atoms with van der Waals surface area (Å²) in [5.41, 5.74) is 1.23. The van der Waals surface area contributed by atoms with Gasteiger partial charge in [-0.25, -0.2) is 14.3 Å². The van der Waals surface area contributed by atoms with Crippen LogP contribution in [0.15, 0.2) is 69.0 Å². The Labute approximate surface area is 159 Å². The molecule has 0 spiro atoms. The van der Waals surface area contributed by atoms with Gasteiger partial charge in [-0.1, -0.05) is 48.5 Å². The van der Waals surface area contributed by atoms with Crippen molar-refractivity contribution in [3.05, 3.63) is 103 Å². The molecule has 0 unspecified atom stereocenters. The van der Waals surface area contributed by atoms with Crippen LogP contribution in [0.4, 0.5) is 0 Å². The van der Waals surface area contributed by atoms with Gasteiger partial charge in [-0.3, -0.25) is 14.2 Å². The fourth-order valence-electron chi connectivity index (χ4n) is 3.22. The zero-order valence-corrected chi connectivity index (χ0v) is 15.5. The topological polar surface area (TPSA) is 89.8 Å². The molecule has 2 aromatic carbocycles. The highest BCUT2D eigenvalue weighted by Gasteiger charge is 2.17. The van der Waals surface area contributed by atoms with E-state index < -0.39 is 16.8 Å². The van der Waals surface area contributed by atoms with Crippen LogP contribution in [0.2, 0.25) is 0 Å². The molecule has 4 aromatic rings. The zero-order chi connectivity index (χ0) is 19.8. The minimum absolute atomic E-state index is 0.00663. The number of fused-ring (bicyclic) bond motifs is 1. The van der Waals surface area contributed by atoms with Crippen molar-refractivity contribution in [3.63, 3.8) is 0 Å². The first-order chi connectivity index (χ1) is 13.5. The third-order valence-corrected chi connectivity index (χ3v) is 4.74. The second-order valence-electron chi connectivity index (χ2n) is 6.64. The number of benzene rings is 2. The van der Waals surface area contributed by atoms with Gasteiger partial charge in [0.05, 0.1) is 5.69 Å². The number of rotatable bonds is 3. The molecule has 0 radical (unpaired) electrons. The van der Waals surface area contributed by atoms with E-state index in [-0.39, 0.29) is 16.9 Å². The van der Waals surface area contributed by atoms with Crippen molar-refractivity contribution in [2.45, 2.75) is 13.3 Å². The summed E-state index contributed by atoms with van der Waals surface area (Å²) in [6.07, 6.45) is 0.295. The van der Waals surface area contributed by atoms with Gasteiger partial charge in [-0.2, -0.15) is 0 Å². The van der Waals surface area contributed by atoms with E-state index in [1.807, 2.05) is 55.5 Å². The number of aromatic amines is 1. The summed E-state index contributed by atoms with van der Waals surface area (Å²) in [6.45, 7) is 1.87. The lowest BCUT2D eigenvalue weighted by molar-refractivity contribution is 0.739. The Kier molecular flexibility index (Phi) is 4.27. The van der Waals surface area contributed by atoms with Crippen LogP contribution in [0.1, 0.15) is 16.8 Å². The van der Waals surface area contributed by atoms with E-state index in [9.17, 15) is 14.4 Å². The average Bonchev–Trinajstić information content (AvgIpc) is 2.70. The van der Waals surface area contributed by atoms with Gasteiger partial charge >= 0.3 is 5.69 Å². The minimum atomic E-state index is -0.583. The van der Waals surface area contributed by atoms with Crippen LogP contribution < -0.4 is 16.8 Å². The van der Waals surface area contributed by atoms with Gasteiger partial charge in [-0.15, -0.1) is 0 Å². The van der Waals surface area contributed by atoms with Crippen molar-refractivity contribution in [1.82, 2.24) is 19.1 Å². The molecule has 0 fully saturated rings. The predicted octanol–water partition coefficient (Wildman–Crippen LogP) is 1.67. The highest BCUT2D eigenvalue weighted by molar-refractivity contribution is 5.71. The van der Waals surface area contributed by atoms with Crippen LogP contribution in [-0.2, 0) is 13.5 Å². The van der Waals surface area contributed by atoms with Crippen molar-refractivity contribution >= 4 is 11.2 Å². The van der Waals surface area contributed by atoms with Crippen molar-refractivity contribution < 1.29 is 0 Å².